The molecule has 17 heavy (non-hydrogen) atoms. The summed E-state index contributed by atoms with van der Waals surface area (Å²) in [6.07, 6.45) is 0.627. The van der Waals surface area contributed by atoms with Crippen LogP contribution in [0, 0.1) is 11.3 Å². The monoisotopic (exact) mass is 236 g/mol. The number of ether oxygens (including phenoxy) is 2. The Bertz CT molecular complexity index is 390. The third kappa shape index (κ3) is 2.39. The van der Waals surface area contributed by atoms with Crippen LogP contribution in [0.3, 0.4) is 0 Å². The molecule has 0 bridgehead atoms. The van der Waals surface area contributed by atoms with Crippen LogP contribution in [-0.4, -0.2) is 19.3 Å². The highest BCUT2D eigenvalue weighted by Crippen LogP contribution is 2.58. The molecule has 0 aliphatic heterocycles. The molecule has 2 rings (SSSR count). The van der Waals surface area contributed by atoms with Crippen molar-refractivity contribution >= 4 is 0 Å². The Morgan fingerprint density at radius 3 is 2.00 bits per heavy atom. The average Bonchev–Trinajstić information content (AvgIpc) is 2.96. The smallest absolute Gasteiger partial charge is 0.122 e. The van der Waals surface area contributed by atoms with E-state index < -0.39 is 6.10 Å². The first kappa shape index (κ1) is 12.2. The van der Waals surface area contributed by atoms with Gasteiger partial charge in [0.15, 0.2) is 0 Å². The molecule has 3 nitrogen and oxygen atoms in total. The van der Waals surface area contributed by atoms with Crippen LogP contribution >= 0.6 is 0 Å². The maximum atomic E-state index is 10.3. The van der Waals surface area contributed by atoms with E-state index in [1.807, 2.05) is 18.2 Å². The Kier molecular flexibility index (Phi) is 3.04. The Morgan fingerprint density at radius 2 is 1.65 bits per heavy atom. The first-order valence-corrected chi connectivity index (χ1v) is 5.89. The molecular formula is C14H20O3. The van der Waals surface area contributed by atoms with Gasteiger partial charge in [-0.1, -0.05) is 13.8 Å². The van der Waals surface area contributed by atoms with Gasteiger partial charge in [0.1, 0.15) is 11.5 Å². The number of aliphatic hydroxyl groups excluding tert-OH is 1. The van der Waals surface area contributed by atoms with E-state index in [1.54, 1.807) is 14.2 Å². The van der Waals surface area contributed by atoms with Crippen molar-refractivity contribution in [3.05, 3.63) is 23.8 Å². The second-order valence-electron chi connectivity index (χ2n) is 5.39. The van der Waals surface area contributed by atoms with Gasteiger partial charge in [0.2, 0.25) is 0 Å². The summed E-state index contributed by atoms with van der Waals surface area (Å²) in [6, 6.07) is 5.57. The minimum Gasteiger partial charge on any atom is -0.497 e. The predicted octanol–water partition coefficient (Wildman–Crippen LogP) is 2.78. The van der Waals surface area contributed by atoms with Crippen molar-refractivity contribution in [1.82, 2.24) is 0 Å². The molecule has 2 unspecified atom stereocenters. The maximum absolute atomic E-state index is 10.3. The van der Waals surface area contributed by atoms with Crippen molar-refractivity contribution in [2.75, 3.05) is 14.2 Å². The van der Waals surface area contributed by atoms with Crippen LogP contribution in [0.4, 0.5) is 0 Å². The Labute approximate surface area is 102 Å². The number of methoxy groups -OCH3 is 2. The first-order chi connectivity index (χ1) is 7.97. The van der Waals surface area contributed by atoms with Crippen LogP contribution in [0.25, 0.3) is 0 Å². The van der Waals surface area contributed by atoms with E-state index in [-0.39, 0.29) is 5.41 Å². The molecule has 1 aliphatic rings. The molecule has 0 saturated heterocycles. The van der Waals surface area contributed by atoms with Gasteiger partial charge in [0.25, 0.3) is 0 Å². The van der Waals surface area contributed by atoms with E-state index in [9.17, 15) is 5.11 Å². The van der Waals surface area contributed by atoms with Crippen LogP contribution in [0.5, 0.6) is 11.5 Å². The van der Waals surface area contributed by atoms with E-state index in [1.165, 1.54) is 0 Å². The molecule has 3 heteroatoms. The van der Waals surface area contributed by atoms with Crippen molar-refractivity contribution in [1.29, 1.82) is 0 Å². The molecule has 1 N–H and O–H groups in total. The van der Waals surface area contributed by atoms with Crippen LogP contribution in [-0.2, 0) is 0 Å². The first-order valence-electron chi connectivity index (χ1n) is 5.89. The minimum absolute atomic E-state index is 0.246. The molecule has 0 heterocycles. The zero-order valence-corrected chi connectivity index (χ0v) is 10.9. The summed E-state index contributed by atoms with van der Waals surface area (Å²) in [5.41, 5.74) is 1.12. The summed E-state index contributed by atoms with van der Waals surface area (Å²) < 4.78 is 10.4. The second-order valence-corrected chi connectivity index (χ2v) is 5.39. The highest BCUT2D eigenvalue weighted by molar-refractivity contribution is 5.40. The number of aliphatic hydroxyl groups is 1. The van der Waals surface area contributed by atoms with Gasteiger partial charge in [0.05, 0.1) is 20.3 Å². The van der Waals surface area contributed by atoms with Gasteiger partial charge in [-0.25, -0.2) is 0 Å². The molecule has 1 aromatic carbocycles. The molecular weight excluding hydrogens is 216 g/mol. The van der Waals surface area contributed by atoms with E-state index in [4.69, 9.17) is 9.47 Å². The van der Waals surface area contributed by atoms with Gasteiger partial charge in [-0.3, -0.25) is 0 Å². The van der Waals surface area contributed by atoms with Crippen molar-refractivity contribution in [2.24, 2.45) is 11.3 Å². The summed E-state index contributed by atoms with van der Waals surface area (Å²) in [5.74, 6) is 1.77. The lowest BCUT2D eigenvalue weighted by atomic mass is 9.99. The molecule has 94 valence electrons. The third-order valence-corrected chi connectivity index (χ3v) is 3.69. The van der Waals surface area contributed by atoms with E-state index in [0.717, 1.165) is 23.5 Å². The highest BCUT2D eigenvalue weighted by atomic mass is 16.5. The van der Waals surface area contributed by atoms with Gasteiger partial charge in [0, 0.05) is 6.07 Å². The van der Waals surface area contributed by atoms with Crippen LogP contribution in [0.2, 0.25) is 0 Å². The topological polar surface area (TPSA) is 38.7 Å². The van der Waals surface area contributed by atoms with Crippen LogP contribution < -0.4 is 9.47 Å². The van der Waals surface area contributed by atoms with Gasteiger partial charge >= 0.3 is 0 Å². The lowest BCUT2D eigenvalue weighted by molar-refractivity contribution is 0.138. The lowest BCUT2D eigenvalue weighted by Crippen LogP contribution is -2.05. The number of rotatable bonds is 4. The maximum Gasteiger partial charge on any atom is 0.122 e. The molecule has 1 aromatic rings. The second kappa shape index (κ2) is 4.22. The normalized spacial score (nSPS) is 23.0. The average molecular weight is 236 g/mol. The molecule has 2 atom stereocenters. The number of hydrogen-bond acceptors (Lipinski definition) is 3. The van der Waals surface area contributed by atoms with Crippen molar-refractivity contribution in [3.63, 3.8) is 0 Å². The molecule has 1 fully saturated rings. The Morgan fingerprint density at radius 1 is 1.18 bits per heavy atom. The summed E-state index contributed by atoms with van der Waals surface area (Å²) in [5, 5.41) is 10.3. The largest absolute Gasteiger partial charge is 0.497 e. The van der Waals surface area contributed by atoms with Crippen LogP contribution in [0.1, 0.15) is 31.9 Å². The molecule has 0 amide bonds. The summed E-state index contributed by atoms with van der Waals surface area (Å²) in [6.45, 7) is 4.36. The fraction of sp³-hybridized carbons (Fsp3) is 0.571. The minimum atomic E-state index is -0.436. The van der Waals surface area contributed by atoms with E-state index in [0.29, 0.717) is 5.92 Å². The van der Waals surface area contributed by atoms with E-state index in [2.05, 4.69) is 13.8 Å². The van der Waals surface area contributed by atoms with Crippen molar-refractivity contribution in [3.8, 4) is 11.5 Å². The predicted molar refractivity (Wildman–Crippen MR) is 66.4 cm³/mol. The quantitative estimate of drug-likeness (QED) is 0.873. The van der Waals surface area contributed by atoms with Gasteiger partial charge in [-0.05, 0) is 35.4 Å². The summed E-state index contributed by atoms with van der Waals surface area (Å²) in [7, 11) is 3.23. The number of benzene rings is 1. The van der Waals surface area contributed by atoms with Crippen molar-refractivity contribution in [2.45, 2.75) is 26.4 Å². The number of hydrogen-bond donors (Lipinski definition) is 1. The van der Waals surface area contributed by atoms with Crippen LogP contribution in [0.15, 0.2) is 18.2 Å². The molecule has 0 spiro atoms. The highest BCUT2D eigenvalue weighted by Gasteiger charge is 2.50. The van der Waals surface area contributed by atoms with Crippen molar-refractivity contribution < 1.29 is 14.6 Å². The Balaban J connectivity index is 2.25. The fourth-order valence-corrected chi connectivity index (χ4v) is 2.28. The molecule has 0 radical (unpaired) electrons. The Hall–Kier alpha value is -1.22. The third-order valence-electron chi connectivity index (χ3n) is 3.69. The molecule has 1 saturated carbocycles. The summed E-state index contributed by atoms with van der Waals surface area (Å²) >= 11 is 0. The molecule has 0 aromatic heterocycles. The van der Waals surface area contributed by atoms with E-state index >= 15 is 0 Å². The van der Waals surface area contributed by atoms with Gasteiger partial charge < -0.3 is 14.6 Å². The molecule has 1 aliphatic carbocycles. The van der Waals surface area contributed by atoms with Gasteiger partial charge in [-0.2, -0.15) is 0 Å². The SMILES string of the molecule is COc1cc(OC)cc(C(O)C2CC2(C)C)c1. The zero-order chi connectivity index (χ0) is 12.6. The summed E-state index contributed by atoms with van der Waals surface area (Å²) in [4.78, 5) is 0. The lowest BCUT2D eigenvalue weighted by Gasteiger charge is -2.15. The zero-order valence-electron chi connectivity index (χ0n) is 10.9. The fourth-order valence-electron chi connectivity index (χ4n) is 2.28. The van der Waals surface area contributed by atoms with Gasteiger partial charge in [-0.15, -0.1) is 0 Å². The standard InChI is InChI=1S/C14H20O3/c1-14(2)8-12(14)13(15)9-5-10(16-3)7-11(6-9)17-4/h5-7,12-13,15H,8H2,1-4H3.